The molecule has 2 fully saturated rings. The second-order valence-electron chi connectivity index (χ2n) is 4.27. The molecule has 0 bridgehead atoms. The third-order valence-corrected chi connectivity index (χ3v) is 3.55. The minimum atomic E-state index is -2.69. The molecule has 1 aliphatic heterocycles. The Kier molecular flexibility index (Phi) is 3.80. The van der Waals surface area contributed by atoms with Crippen molar-refractivity contribution in [3.63, 3.8) is 0 Å². The largest absolute Gasteiger partial charge is 0.466 e. The van der Waals surface area contributed by atoms with Gasteiger partial charge in [-0.2, -0.15) is 0 Å². The molecule has 16 heavy (non-hydrogen) atoms. The summed E-state index contributed by atoms with van der Waals surface area (Å²) in [5.41, 5.74) is -0.959. The van der Waals surface area contributed by atoms with E-state index in [1.165, 1.54) is 0 Å². The summed E-state index contributed by atoms with van der Waals surface area (Å²) in [7, 11) is 0. The highest BCUT2D eigenvalue weighted by Crippen LogP contribution is 2.70. The Morgan fingerprint density at radius 3 is 2.75 bits per heavy atom. The van der Waals surface area contributed by atoms with Crippen molar-refractivity contribution < 1.29 is 18.3 Å². The van der Waals surface area contributed by atoms with Gasteiger partial charge in [0.25, 0.3) is 5.92 Å². The summed E-state index contributed by atoms with van der Waals surface area (Å²) in [4.78, 5) is 11.1. The second-order valence-corrected chi connectivity index (χ2v) is 4.27. The number of nitrogens with one attached hydrogen (secondary N) is 1. The Morgan fingerprint density at radius 2 is 2.25 bits per heavy atom. The fraction of sp³-hybridized carbons (Fsp3) is 0.900. The number of carbonyl (C=O) groups is 1. The van der Waals surface area contributed by atoms with Crippen LogP contribution < -0.4 is 5.32 Å². The molecule has 1 spiro atoms. The first-order chi connectivity index (χ1) is 7.04. The summed E-state index contributed by atoms with van der Waals surface area (Å²) >= 11 is 0. The van der Waals surface area contributed by atoms with Crippen LogP contribution in [0.1, 0.15) is 19.8 Å². The monoisotopic (exact) mass is 255 g/mol. The number of hydrogen-bond acceptors (Lipinski definition) is 3. The van der Waals surface area contributed by atoms with Gasteiger partial charge in [-0.1, -0.05) is 0 Å². The number of alkyl halides is 2. The van der Waals surface area contributed by atoms with E-state index in [-0.39, 0.29) is 25.4 Å². The fourth-order valence-corrected chi connectivity index (χ4v) is 2.59. The first-order valence-corrected chi connectivity index (χ1v) is 5.29. The van der Waals surface area contributed by atoms with E-state index in [1.807, 2.05) is 0 Å². The summed E-state index contributed by atoms with van der Waals surface area (Å²) in [6, 6.07) is 0. The highest BCUT2D eigenvalue weighted by molar-refractivity contribution is 5.85. The molecule has 1 heterocycles. The van der Waals surface area contributed by atoms with Crippen molar-refractivity contribution in [1.29, 1.82) is 0 Å². The zero-order chi connectivity index (χ0) is 11.1. The number of halogens is 3. The molecule has 0 amide bonds. The van der Waals surface area contributed by atoms with Gasteiger partial charge in [-0.15, -0.1) is 12.4 Å². The van der Waals surface area contributed by atoms with Gasteiger partial charge >= 0.3 is 5.97 Å². The smallest absolute Gasteiger partial charge is 0.306 e. The lowest BCUT2D eigenvalue weighted by atomic mass is 10.0. The number of esters is 1. The van der Waals surface area contributed by atoms with Crippen LogP contribution >= 0.6 is 12.4 Å². The van der Waals surface area contributed by atoms with Gasteiger partial charge in [-0.3, -0.25) is 4.79 Å². The van der Waals surface area contributed by atoms with E-state index < -0.39 is 23.2 Å². The van der Waals surface area contributed by atoms with Crippen LogP contribution in [-0.4, -0.2) is 31.6 Å². The lowest BCUT2D eigenvalue weighted by Gasteiger charge is -2.04. The van der Waals surface area contributed by atoms with Crippen LogP contribution in [-0.2, 0) is 9.53 Å². The molecular weight excluding hydrogens is 240 g/mol. The highest BCUT2D eigenvalue weighted by atomic mass is 35.5. The predicted octanol–water partition coefficient (Wildman–Crippen LogP) is 1.61. The first-order valence-electron chi connectivity index (χ1n) is 5.29. The lowest BCUT2D eigenvalue weighted by molar-refractivity contribution is -0.144. The molecule has 0 radical (unpaired) electrons. The Bertz CT molecular complexity index is 280. The maximum Gasteiger partial charge on any atom is 0.306 e. The van der Waals surface area contributed by atoms with Crippen LogP contribution in [0.2, 0.25) is 0 Å². The Labute approximate surface area is 99.3 Å². The van der Waals surface area contributed by atoms with E-state index in [9.17, 15) is 13.6 Å². The van der Waals surface area contributed by atoms with E-state index in [0.29, 0.717) is 19.5 Å². The number of carbonyl (C=O) groups excluding carboxylic acids is 1. The summed E-state index contributed by atoms with van der Waals surface area (Å²) in [5.74, 6) is -4.02. The van der Waals surface area contributed by atoms with E-state index >= 15 is 0 Å². The number of ether oxygens (including phenoxy) is 1. The van der Waals surface area contributed by atoms with Crippen LogP contribution in [0.4, 0.5) is 8.78 Å². The van der Waals surface area contributed by atoms with E-state index in [1.54, 1.807) is 6.92 Å². The van der Waals surface area contributed by atoms with Gasteiger partial charge in [0.05, 0.1) is 18.4 Å². The van der Waals surface area contributed by atoms with E-state index in [2.05, 4.69) is 5.32 Å². The molecule has 1 N–H and O–H groups in total. The van der Waals surface area contributed by atoms with Gasteiger partial charge in [0.15, 0.2) is 0 Å². The zero-order valence-corrected chi connectivity index (χ0v) is 9.91. The van der Waals surface area contributed by atoms with Crippen molar-refractivity contribution in [2.45, 2.75) is 25.7 Å². The standard InChI is InChI=1S/C10H15F2NO2.ClH/c1-2-15-8(14)5-7-9(10(7,11)12)3-4-13-6-9;/h7,13H,2-6H2,1H3;1H. The van der Waals surface area contributed by atoms with Crippen LogP contribution in [0.25, 0.3) is 0 Å². The second kappa shape index (κ2) is 4.45. The topological polar surface area (TPSA) is 38.3 Å². The van der Waals surface area contributed by atoms with Crippen LogP contribution in [0.15, 0.2) is 0 Å². The van der Waals surface area contributed by atoms with Crippen molar-refractivity contribution in [1.82, 2.24) is 5.32 Å². The summed E-state index contributed by atoms with van der Waals surface area (Å²) in [5, 5.41) is 2.93. The van der Waals surface area contributed by atoms with Crippen LogP contribution in [0.3, 0.4) is 0 Å². The predicted molar refractivity (Wildman–Crippen MR) is 56.9 cm³/mol. The van der Waals surface area contributed by atoms with Crippen molar-refractivity contribution >= 4 is 18.4 Å². The normalized spacial score (nSPS) is 34.6. The third kappa shape index (κ3) is 1.80. The molecule has 2 atom stereocenters. The molecule has 1 aliphatic carbocycles. The van der Waals surface area contributed by atoms with Gasteiger partial charge in [-0.25, -0.2) is 8.78 Å². The molecule has 0 aromatic carbocycles. The van der Waals surface area contributed by atoms with Crippen LogP contribution in [0.5, 0.6) is 0 Å². The van der Waals surface area contributed by atoms with Gasteiger partial charge in [0, 0.05) is 12.5 Å². The molecule has 1 saturated heterocycles. The molecule has 94 valence electrons. The molecular formula is C10H16ClF2NO2. The summed E-state index contributed by atoms with van der Waals surface area (Å²) in [6.45, 7) is 2.87. The summed E-state index contributed by atoms with van der Waals surface area (Å²) in [6.07, 6.45) is 0.312. The Hall–Kier alpha value is -0.420. The quantitative estimate of drug-likeness (QED) is 0.779. The van der Waals surface area contributed by atoms with Crippen molar-refractivity contribution in [2.24, 2.45) is 11.3 Å². The fourth-order valence-electron chi connectivity index (χ4n) is 2.59. The molecule has 1 saturated carbocycles. The van der Waals surface area contributed by atoms with Crippen LogP contribution in [0, 0.1) is 11.3 Å². The molecule has 0 aromatic heterocycles. The Morgan fingerprint density at radius 1 is 1.56 bits per heavy atom. The van der Waals surface area contributed by atoms with Crippen molar-refractivity contribution in [2.75, 3.05) is 19.7 Å². The minimum Gasteiger partial charge on any atom is -0.466 e. The average Bonchev–Trinajstić information content (AvgIpc) is 2.60. The molecule has 0 aromatic rings. The summed E-state index contributed by atoms with van der Waals surface area (Å²) < 4.78 is 31.7. The molecule has 3 nitrogen and oxygen atoms in total. The maximum atomic E-state index is 13.5. The first kappa shape index (κ1) is 13.6. The van der Waals surface area contributed by atoms with E-state index in [4.69, 9.17) is 4.74 Å². The molecule has 2 unspecified atom stereocenters. The average molecular weight is 256 g/mol. The van der Waals surface area contributed by atoms with Gasteiger partial charge in [0.2, 0.25) is 0 Å². The van der Waals surface area contributed by atoms with Gasteiger partial charge in [0.1, 0.15) is 0 Å². The van der Waals surface area contributed by atoms with Crippen molar-refractivity contribution in [3.05, 3.63) is 0 Å². The third-order valence-electron chi connectivity index (χ3n) is 3.55. The van der Waals surface area contributed by atoms with Crippen molar-refractivity contribution in [3.8, 4) is 0 Å². The minimum absolute atomic E-state index is 0. The molecule has 2 rings (SSSR count). The number of hydrogen-bond donors (Lipinski definition) is 1. The Balaban J connectivity index is 0.00000128. The van der Waals surface area contributed by atoms with E-state index in [0.717, 1.165) is 0 Å². The lowest BCUT2D eigenvalue weighted by Crippen LogP contribution is -2.15. The zero-order valence-electron chi connectivity index (χ0n) is 9.09. The SMILES string of the molecule is CCOC(=O)CC1C(F)(F)C12CCNC2.Cl. The van der Waals surface area contributed by atoms with Gasteiger partial charge in [-0.05, 0) is 19.9 Å². The molecule has 6 heteroatoms. The van der Waals surface area contributed by atoms with Gasteiger partial charge < -0.3 is 10.1 Å². The maximum absolute atomic E-state index is 13.5. The highest BCUT2D eigenvalue weighted by Gasteiger charge is 2.80. The number of rotatable bonds is 3. The molecule has 2 aliphatic rings.